The Kier molecular flexibility index (Phi) is 7.77. The number of nitrogen functional groups attached to an aromatic ring is 1. The summed E-state index contributed by atoms with van der Waals surface area (Å²) in [4.78, 5) is 18.3. The number of hydrogen-bond donors (Lipinski definition) is 3. The molecule has 0 amide bonds. The molecule has 0 aliphatic heterocycles. The number of ketones is 1. The SMILES string of the molecule is CCc1ccc(S(=O)(=O)Nc2ccc(O)cc2Cn2c(N)c(C(=O)c3ccc(OC)cc3)c3ccc(OC)nc32)cc1. The molecule has 0 aliphatic carbocycles. The Labute approximate surface area is 243 Å². The van der Waals surface area contributed by atoms with Crippen molar-refractivity contribution in [3.05, 3.63) is 101 Å². The molecule has 5 rings (SSSR count). The monoisotopic (exact) mass is 586 g/mol. The topological polar surface area (TPSA) is 146 Å². The van der Waals surface area contributed by atoms with Crippen molar-refractivity contribution in [3.63, 3.8) is 0 Å². The van der Waals surface area contributed by atoms with Crippen LogP contribution in [0.3, 0.4) is 0 Å². The molecular weight excluding hydrogens is 556 g/mol. The molecule has 4 N–H and O–H groups in total. The lowest BCUT2D eigenvalue weighted by atomic mass is 10.0. The number of benzene rings is 3. The van der Waals surface area contributed by atoms with E-state index < -0.39 is 10.0 Å². The first kappa shape index (κ1) is 28.5. The van der Waals surface area contributed by atoms with Gasteiger partial charge in [0, 0.05) is 17.0 Å². The van der Waals surface area contributed by atoms with Gasteiger partial charge in [0.05, 0.1) is 36.9 Å². The van der Waals surface area contributed by atoms with Gasteiger partial charge in [-0.2, -0.15) is 4.98 Å². The second kappa shape index (κ2) is 11.5. The first-order valence-corrected chi connectivity index (χ1v) is 14.6. The molecule has 2 aromatic heterocycles. The number of nitrogens with two attached hydrogens (primary N) is 1. The lowest BCUT2D eigenvalue weighted by molar-refractivity contribution is 0.104. The molecule has 0 fully saturated rings. The van der Waals surface area contributed by atoms with E-state index in [1.165, 1.54) is 25.3 Å². The largest absolute Gasteiger partial charge is 0.508 e. The second-order valence-corrected chi connectivity index (χ2v) is 11.3. The maximum atomic E-state index is 13.7. The molecule has 11 heteroatoms. The highest BCUT2D eigenvalue weighted by molar-refractivity contribution is 7.92. The fourth-order valence-corrected chi connectivity index (χ4v) is 5.81. The Bertz CT molecular complexity index is 1880. The summed E-state index contributed by atoms with van der Waals surface area (Å²) < 4.78 is 41.3. The fourth-order valence-electron chi connectivity index (χ4n) is 4.71. The summed E-state index contributed by atoms with van der Waals surface area (Å²) in [5.74, 6) is 0.637. The molecule has 0 aliphatic rings. The Balaban J connectivity index is 1.59. The predicted octanol–water partition coefficient (Wildman–Crippen LogP) is 4.98. The Morgan fingerprint density at radius 2 is 1.69 bits per heavy atom. The van der Waals surface area contributed by atoms with E-state index in [0.29, 0.717) is 33.8 Å². The number of hydrogen-bond acceptors (Lipinski definition) is 8. The van der Waals surface area contributed by atoms with Gasteiger partial charge in [-0.25, -0.2) is 8.42 Å². The van der Waals surface area contributed by atoms with Crippen LogP contribution in [0.15, 0.2) is 83.8 Å². The van der Waals surface area contributed by atoms with Crippen LogP contribution in [-0.2, 0) is 23.0 Å². The van der Waals surface area contributed by atoms with Gasteiger partial charge in [-0.1, -0.05) is 19.1 Å². The predicted molar refractivity (Wildman–Crippen MR) is 161 cm³/mol. The average molecular weight is 587 g/mol. The van der Waals surface area contributed by atoms with E-state index >= 15 is 0 Å². The molecule has 0 atom stereocenters. The molecule has 5 aromatic rings. The number of nitrogens with zero attached hydrogens (tertiary/aromatic N) is 2. The number of anilines is 2. The first-order chi connectivity index (χ1) is 20.1. The third kappa shape index (κ3) is 5.46. The van der Waals surface area contributed by atoms with E-state index in [9.17, 15) is 18.3 Å². The van der Waals surface area contributed by atoms with Crippen molar-refractivity contribution in [1.29, 1.82) is 0 Å². The number of phenolic OH excluding ortho intramolecular Hbond substituents is 1. The molecule has 216 valence electrons. The van der Waals surface area contributed by atoms with Crippen LogP contribution in [0.5, 0.6) is 17.4 Å². The summed E-state index contributed by atoms with van der Waals surface area (Å²) >= 11 is 0. The Hall–Kier alpha value is -5.03. The zero-order valence-corrected chi connectivity index (χ0v) is 24.1. The van der Waals surface area contributed by atoms with Crippen LogP contribution in [0.2, 0.25) is 0 Å². The minimum absolute atomic E-state index is 0.0145. The van der Waals surface area contributed by atoms with E-state index in [1.54, 1.807) is 72.3 Å². The Morgan fingerprint density at radius 1 is 0.976 bits per heavy atom. The van der Waals surface area contributed by atoms with Crippen molar-refractivity contribution in [1.82, 2.24) is 9.55 Å². The van der Waals surface area contributed by atoms with Gasteiger partial charge in [0.2, 0.25) is 5.88 Å². The van der Waals surface area contributed by atoms with Crippen LogP contribution in [0.4, 0.5) is 11.5 Å². The summed E-state index contributed by atoms with van der Waals surface area (Å²) in [5, 5.41) is 10.8. The lowest BCUT2D eigenvalue weighted by Gasteiger charge is -2.15. The molecule has 0 radical (unpaired) electrons. The third-order valence-electron chi connectivity index (χ3n) is 7.01. The number of fused-ring (bicyclic) bond motifs is 1. The van der Waals surface area contributed by atoms with Gasteiger partial charge < -0.3 is 24.9 Å². The van der Waals surface area contributed by atoms with Gasteiger partial charge in [0.1, 0.15) is 23.0 Å². The number of aromatic hydroxyl groups is 1. The number of aromatic nitrogens is 2. The van der Waals surface area contributed by atoms with Crippen LogP contribution < -0.4 is 19.9 Å². The van der Waals surface area contributed by atoms with Crippen LogP contribution in [0, 0.1) is 0 Å². The van der Waals surface area contributed by atoms with Crippen molar-refractivity contribution in [2.75, 3.05) is 24.7 Å². The summed E-state index contributed by atoms with van der Waals surface area (Å²) in [6.45, 7) is 1.97. The fraction of sp³-hybridized carbons (Fsp3) is 0.161. The van der Waals surface area contributed by atoms with Gasteiger partial charge in [-0.3, -0.25) is 9.52 Å². The maximum absolute atomic E-state index is 13.7. The number of pyridine rings is 1. The summed E-state index contributed by atoms with van der Waals surface area (Å²) in [7, 11) is -0.935. The number of ether oxygens (including phenoxy) is 2. The number of carbonyl (C=O) groups is 1. The molecule has 0 spiro atoms. The van der Waals surface area contributed by atoms with Gasteiger partial charge >= 0.3 is 0 Å². The van der Waals surface area contributed by atoms with Gasteiger partial charge in [-0.05, 0) is 78.2 Å². The number of methoxy groups -OCH3 is 2. The Morgan fingerprint density at radius 3 is 2.33 bits per heavy atom. The summed E-state index contributed by atoms with van der Waals surface area (Å²) in [6, 6.07) is 20.9. The summed E-state index contributed by atoms with van der Waals surface area (Å²) in [5.41, 5.74) is 9.27. The van der Waals surface area contributed by atoms with Crippen molar-refractivity contribution in [2.45, 2.75) is 24.8 Å². The van der Waals surface area contributed by atoms with Crippen molar-refractivity contribution in [3.8, 4) is 17.4 Å². The second-order valence-electron chi connectivity index (χ2n) is 9.57. The van der Waals surface area contributed by atoms with Crippen LogP contribution in [0.25, 0.3) is 11.0 Å². The molecule has 0 unspecified atom stereocenters. The van der Waals surface area contributed by atoms with Crippen molar-refractivity contribution >= 4 is 38.3 Å². The van der Waals surface area contributed by atoms with Crippen molar-refractivity contribution < 1.29 is 27.8 Å². The number of aryl methyl sites for hydroxylation is 1. The van der Waals surface area contributed by atoms with E-state index in [2.05, 4.69) is 9.71 Å². The smallest absolute Gasteiger partial charge is 0.261 e. The highest BCUT2D eigenvalue weighted by Crippen LogP contribution is 2.34. The maximum Gasteiger partial charge on any atom is 0.261 e. The van der Waals surface area contributed by atoms with E-state index in [1.807, 2.05) is 6.92 Å². The molecule has 2 heterocycles. The molecule has 0 bridgehead atoms. The first-order valence-electron chi connectivity index (χ1n) is 13.1. The van der Waals surface area contributed by atoms with E-state index in [-0.39, 0.29) is 40.0 Å². The van der Waals surface area contributed by atoms with E-state index in [0.717, 1.165) is 12.0 Å². The van der Waals surface area contributed by atoms with Gasteiger partial charge in [0.25, 0.3) is 10.0 Å². The molecular formula is C31H30N4O6S. The molecule has 0 saturated carbocycles. The standard InChI is InChI=1S/C31H30N4O6S/c1-4-19-5-12-24(13-6-19)42(38,39)34-26-15-9-22(36)17-21(26)18-35-30(32)28(25-14-16-27(41-3)33-31(25)35)29(37)20-7-10-23(40-2)11-8-20/h5-17,34,36H,4,18,32H2,1-3H3. The molecule has 42 heavy (non-hydrogen) atoms. The third-order valence-corrected chi connectivity index (χ3v) is 8.39. The zero-order chi connectivity index (χ0) is 30.0. The van der Waals surface area contributed by atoms with Crippen LogP contribution in [-0.4, -0.2) is 43.1 Å². The zero-order valence-electron chi connectivity index (χ0n) is 23.3. The van der Waals surface area contributed by atoms with E-state index in [4.69, 9.17) is 15.2 Å². The number of nitrogens with one attached hydrogen (secondary N) is 1. The highest BCUT2D eigenvalue weighted by Gasteiger charge is 2.25. The minimum atomic E-state index is -3.95. The van der Waals surface area contributed by atoms with Gasteiger partial charge in [0.15, 0.2) is 5.78 Å². The highest BCUT2D eigenvalue weighted by atomic mass is 32.2. The quantitative estimate of drug-likeness (QED) is 0.153. The molecule has 0 saturated heterocycles. The number of carbonyl (C=O) groups excluding carboxylic acids is 1. The number of rotatable bonds is 10. The molecule has 10 nitrogen and oxygen atoms in total. The lowest BCUT2D eigenvalue weighted by Crippen LogP contribution is -2.16. The summed E-state index contributed by atoms with van der Waals surface area (Å²) in [6.07, 6.45) is 0.782. The molecule has 3 aromatic carbocycles. The van der Waals surface area contributed by atoms with Crippen LogP contribution in [0.1, 0.15) is 34.0 Å². The normalized spacial score (nSPS) is 11.4. The number of phenols is 1. The van der Waals surface area contributed by atoms with Gasteiger partial charge in [-0.15, -0.1) is 0 Å². The van der Waals surface area contributed by atoms with Crippen molar-refractivity contribution in [2.24, 2.45) is 0 Å². The van der Waals surface area contributed by atoms with Crippen LogP contribution >= 0.6 is 0 Å². The number of sulfonamides is 1. The minimum Gasteiger partial charge on any atom is -0.508 e. The average Bonchev–Trinajstić information content (AvgIpc) is 3.27.